The average molecular weight is 745 g/mol. The highest BCUT2D eigenvalue weighted by molar-refractivity contribution is 6.22. The number of pyridine rings is 4. The standard InChI is InChI=1S/C23H17N5O.C22H15N5O/c1-12-18(16-11-13(29-2)7-8-17(16)26-12)23-27-21-14-5-3-9-24-19(14)20-15(22(21)28-23)6-4-10-25-20;1-11-17(15-10-12(28)6-7-16(15)25-11)22-26-20-13-4-2-8-23-18(13)19-14(21(20)27-22)5-3-9-24-19/h3-11,26H,1-2H3,(H,27,28);2-10,25,28H,1H3,(H,26,27). The molecule has 12 heteroatoms. The molecule has 0 amide bonds. The quantitative estimate of drug-likeness (QED) is 0.111. The molecule has 57 heavy (non-hydrogen) atoms. The fourth-order valence-electron chi connectivity index (χ4n) is 8.28. The molecule has 0 bridgehead atoms. The molecule has 0 radical (unpaired) electrons. The van der Waals surface area contributed by atoms with Gasteiger partial charge in [0.25, 0.3) is 0 Å². The fraction of sp³-hybridized carbons (Fsp3) is 0.0667. The number of imidazole rings is 2. The molecule has 8 aromatic heterocycles. The number of ether oxygens (including phenoxy) is 1. The van der Waals surface area contributed by atoms with Gasteiger partial charge in [-0.2, -0.15) is 0 Å². The van der Waals surface area contributed by atoms with Crippen LogP contribution in [0.3, 0.4) is 0 Å². The monoisotopic (exact) mass is 744 g/mol. The van der Waals surface area contributed by atoms with E-state index in [1.165, 1.54) is 0 Å². The number of benzene rings is 4. The SMILES string of the molecule is COc1ccc2[nH]c(C)c(-c3nc4c5cccnc5c5ncccc5c4[nH]3)c2c1.Cc1[nH]c2ccc(O)cc2c1-c1nc2c3cccnc3c3ncccc3c2[nH]1. The first-order valence-corrected chi connectivity index (χ1v) is 18.5. The Balaban J connectivity index is 0.000000131. The number of fused-ring (bicyclic) bond motifs is 14. The van der Waals surface area contributed by atoms with Gasteiger partial charge >= 0.3 is 0 Å². The van der Waals surface area contributed by atoms with Crippen LogP contribution in [-0.2, 0) is 0 Å². The summed E-state index contributed by atoms with van der Waals surface area (Å²) in [5.74, 6) is 2.62. The predicted octanol–water partition coefficient (Wildman–Crippen LogP) is 9.95. The van der Waals surface area contributed by atoms with Crippen LogP contribution in [0.4, 0.5) is 0 Å². The molecule has 0 aliphatic rings. The van der Waals surface area contributed by atoms with E-state index in [9.17, 15) is 5.11 Å². The van der Waals surface area contributed by atoms with Crippen molar-refractivity contribution in [1.82, 2.24) is 49.8 Å². The summed E-state index contributed by atoms with van der Waals surface area (Å²) >= 11 is 0. The van der Waals surface area contributed by atoms with Gasteiger partial charge in [0.1, 0.15) is 23.1 Å². The number of phenolic OH excluding ortho intramolecular Hbond substituents is 1. The molecule has 0 aliphatic heterocycles. The maximum Gasteiger partial charge on any atom is 0.140 e. The summed E-state index contributed by atoms with van der Waals surface area (Å²) in [5, 5.41) is 15.9. The van der Waals surface area contributed by atoms with Crippen LogP contribution in [-0.4, -0.2) is 62.1 Å². The number of aromatic amines is 4. The van der Waals surface area contributed by atoms with Crippen LogP contribution in [0.25, 0.3) is 110 Å². The third-order valence-electron chi connectivity index (χ3n) is 10.8. The minimum Gasteiger partial charge on any atom is -0.508 e. The Labute approximate surface area is 322 Å². The number of aromatic nitrogens is 10. The van der Waals surface area contributed by atoms with E-state index in [2.05, 4.69) is 58.9 Å². The smallest absolute Gasteiger partial charge is 0.140 e. The van der Waals surface area contributed by atoms with Gasteiger partial charge in [-0.3, -0.25) is 19.9 Å². The van der Waals surface area contributed by atoms with Crippen LogP contribution < -0.4 is 4.74 Å². The highest BCUT2D eigenvalue weighted by atomic mass is 16.5. The number of H-pyrrole nitrogens is 4. The Morgan fingerprint density at radius 1 is 0.474 bits per heavy atom. The lowest BCUT2D eigenvalue weighted by Gasteiger charge is -2.03. The molecule has 0 saturated carbocycles. The third-order valence-corrected chi connectivity index (χ3v) is 10.8. The maximum atomic E-state index is 9.97. The molecule has 12 aromatic rings. The Kier molecular flexibility index (Phi) is 7.04. The largest absolute Gasteiger partial charge is 0.508 e. The van der Waals surface area contributed by atoms with E-state index in [0.717, 1.165) is 127 Å². The molecule has 0 fully saturated rings. The Morgan fingerprint density at radius 3 is 1.40 bits per heavy atom. The van der Waals surface area contributed by atoms with E-state index in [-0.39, 0.29) is 5.75 Å². The molecule has 274 valence electrons. The normalized spacial score (nSPS) is 11.8. The van der Waals surface area contributed by atoms with Gasteiger partial charge in [-0.05, 0) is 98.8 Å². The van der Waals surface area contributed by atoms with E-state index in [1.54, 1.807) is 44.0 Å². The van der Waals surface area contributed by atoms with Gasteiger partial charge in [-0.15, -0.1) is 0 Å². The molecular weight excluding hydrogens is 713 g/mol. The van der Waals surface area contributed by atoms with Gasteiger partial charge in [0.05, 0.1) is 51.2 Å². The molecule has 4 aromatic carbocycles. The van der Waals surface area contributed by atoms with E-state index in [0.29, 0.717) is 0 Å². The second-order valence-electron chi connectivity index (χ2n) is 14.1. The summed E-state index contributed by atoms with van der Waals surface area (Å²) in [6.07, 6.45) is 7.16. The first-order chi connectivity index (χ1) is 27.9. The zero-order chi connectivity index (χ0) is 38.4. The molecular formula is C45H32N10O2. The number of methoxy groups -OCH3 is 1. The number of hydrogen-bond donors (Lipinski definition) is 5. The Hall–Kier alpha value is -7.86. The van der Waals surface area contributed by atoms with Crippen molar-refractivity contribution < 1.29 is 9.84 Å². The maximum absolute atomic E-state index is 9.97. The van der Waals surface area contributed by atoms with E-state index in [1.807, 2.05) is 67.6 Å². The number of rotatable bonds is 3. The highest BCUT2D eigenvalue weighted by Crippen LogP contribution is 2.39. The van der Waals surface area contributed by atoms with Crippen LogP contribution in [0.2, 0.25) is 0 Å². The van der Waals surface area contributed by atoms with Crippen LogP contribution in [0.1, 0.15) is 11.4 Å². The number of phenols is 1. The summed E-state index contributed by atoms with van der Waals surface area (Å²) in [5.41, 5.74) is 13.2. The van der Waals surface area contributed by atoms with Gasteiger partial charge in [0, 0.05) is 90.7 Å². The molecule has 12 nitrogen and oxygen atoms in total. The average Bonchev–Trinajstić information content (AvgIpc) is 4.03. The van der Waals surface area contributed by atoms with Crippen molar-refractivity contribution in [1.29, 1.82) is 0 Å². The van der Waals surface area contributed by atoms with Crippen molar-refractivity contribution >= 4 is 87.5 Å². The lowest BCUT2D eigenvalue weighted by Crippen LogP contribution is -1.86. The van der Waals surface area contributed by atoms with Crippen LogP contribution in [0.5, 0.6) is 11.5 Å². The van der Waals surface area contributed by atoms with E-state index >= 15 is 0 Å². The summed E-state index contributed by atoms with van der Waals surface area (Å²) in [6, 6.07) is 27.2. The molecule has 0 unspecified atom stereocenters. The van der Waals surface area contributed by atoms with Gasteiger partial charge < -0.3 is 29.8 Å². The number of nitrogens with zero attached hydrogens (tertiary/aromatic N) is 6. The summed E-state index contributed by atoms with van der Waals surface area (Å²) in [7, 11) is 1.68. The van der Waals surface area contributed by atoms with Gasteiger partial charge in [-0.1, -0.05) is 0 Å². The zero-order valence-corrected chi connectivity index (χ0v) is 30.9. The molecule has 8 heterocycles. The summed E-state index contributed by atoms with van der Waals surface area (Å²) in [6.45, 7) is 4.08. The van der Waals surface area contributed by atoms with Gasteiger partial charge in [0.15, 0.2) is 0 Å². The molecule has 5 N–H and O–H groups in total. The van der Waals surface area contributed by atoms with Crippen LogP contribution in [0.15, 0.2) is 110 Å². The molecule has 0 atom stereocenters. The topological polar surface area (TPSA) is 170 Å². The number of aryl methyl sites for hydroxylation is 2. The Morgan fingerprint density at radius 2 is 0.912 bits per heavy atom. The molecule has 12 rings (SSSR count). The number of aromatic hydroxyl groups is 1. The minimum absolute atomic E-state index is 0.230. The zero-order valence-electron chi connectivity index (χ0n) is 30.9. The van der Waals surface area contributed by atoms with Crippen molar-refractivity contribution in [2.24, 2.45) is 0 Å². The first kappa shape index (κ1) is 32.6. The molecule has 0 saturated heterocycles. The van der Waals surface area contributed by atoms with Crippen LogP contribution in [0, 0.1) is 13.8 Å². The fourth-order valence-corrected chi connectivity index (χ4v) is 8.28. The summed E-state index contributed by atoms with van der Waals surface area (Å²) in [4.78, 5) is 42.2. The van der Waals surface area contributed by atoms with Crippen molar-refractivity contribution in [3.8, 4) is 34.3 Å². The second-order valence-corrected chi connectivity index (χ2v) is 14.1. The molecule has 0 spiro atoms. The van der Waals surface area contributed by atoms with Crippen molar-refractivity contribution in [2.45, 2.75) is 13.8 Å². The lowest BCUT2D eigenvalue weighted by molar-refractivity contribution is 0.415. The lowest BCUT2D eigenvalue weighted by atomic mass is 10.1. The predicted molar refractivity (Wildman–Crippen MR) is 226 cm³/mol. The highest BCUT2D eigenvalue weighted by Gasteiger charge is 2.21. The number of nitrogens with one attached hydrogen (secondary N) is 4. The van der Waals surface area contributed by atoms with Crippen molar-refractivity contribution in [2.75, 3.05) is 7.11 Å². The van der Waals surface area contributed by atoms with Gasteiger partial charge in [-0.25, -0.2) is 9.97 Å². The van der Waals surface area contributed by atoms with E-state index < -0.39 is 0 Å². The van der Waals surface area contributed by atoms with Crippen LogP contribution >= 0.6 is 0 Å². The Bertz CT molecular complexity index is 3430. The van der Waals surface area contributed by atoms with E-state index in [4.69, 9.17) is 14.7 Å². The summed E-state index contributed by atoms with van der Waals surface area (Å²) < 4.78 is 5.44. The van der Waals surface area contributed by atoms with Crippen molar-refractivity contribution in [3.63, 3.8) is 0 Å². The first-order valence-electron chi connectivity index (χ1n) is 18.5. The molecule has 0 aliphatic carbocycles. The minimum atomic E-state index is 0.230. The van der Waals surface area contributed by atoms with Gasteiger partial charge in [0.2, 0.25) is 0 Å². The van der Waals surface area contributed by atoms with Crippen molar-refractivity contribution in [3.05, 3.63) is 121 Å². The third kappa shape index (κ3) is 4.93. The number of hydrogen-bond acceptors (Lipinski definition) is 8. The second kappa shape index (κ2) is 12.3.